The van der Waals surface area contributed by atoms with Crippen molar-refractivity contribution in [2.24, 2.45) is 5.92 Å². The molecule has 0 atom stereocenters. The molecule has 3 rings (SSSR count). The van der Waals surface area contributed by atoms with Crippen LogP contribution >= 0.6 is 23.2 Å². The van der Waals surface area contributed by atoms with E-state index in [0.29, 0.717) is 26.2 Å². The Balaban J connectivity index is 1.64. The van der Waals surface area contributed by atoms with Gasteiger partial charge in [0.1, 0.15) is 0 Å². The van der Waals surface area contributed by atoms with Crippen molar-refractivity contribution >= 4 is 35.0 Å². The van der Waals surface area contributed by atoms with Gasteiger partial charge in [0.05, 0.1) is 5.56 Å². The van der Waals surface area contributed by atoms with Crippen LogP contribution in [-0.4, -0.2) is 58.0 Å². The third-order valence-electron chi connectivity index (χ3n) is 3.75. The minimum atomic E-state index is -0.227. The van der Waals surface area contributed by atoms with Crippen molar-refractivity contribution in [2.75, 3.05) is 26.2 Å². The summed E-state index contributed by atoms with van der Waals surface area (Å²) < 4.78 is 0. The first-order valence-corrected chi connectivity index (χ1v) is 7.58. The van der Waals surface area contributed by atoms with E-state index in [1.807, 2.05) is 4.90 Å². The molecule has 21 heavy (non-hydrogen) atoms. The lowest BCUT2D eigenvalue weighted by Gasteiger charge is -2.35. The summed E-state index contributed by atoms with van der Waals surface area (Å²) in [5.74, 6) is 0.203. The Morgan fingerprint density at radius 3 is 2.29 bits per heavy atom. The molecule has 2 heterocycles. The quantitative estimate of drug-likeness (QED) is 0.824. The van der Waals surface area contributed by atoms with Crippen LogP contribution in [0.5, 0.6) is 0 Å². The van der Waals surface area contributed by atoms with E-state index >= 15 is 0 Å². The molecule has 1 saturated carbocycles. The zero-order valence-corrected chi connectivity index (χ0v) is 12.8. The lowest BCUT2D eigenvalue weighted by molar-refractivity contribution is -0.134. The van der Waals surface area contributed by atoms with E-state index in [-0.39, 0.29) is 33.6 Å². The fraction of sp³-hybridized carbons (Fsp3) is 0.538. The number of carbonyl (C=O) groups is 2. The number of hydrogen-bond acceptors (Lipinski definition) is 4. The van der Waals surface area contributed by atoms with Gasteiger partial charge in [0, 0.05) is 32.1 Å². The predicted molar refractivity (Wildman–Crippen MR) is 77.3 cm³/mol. The molecule has 1 aliphatic carbocycles. The molecule has 2 aliphatic rings. The maximum Gasteiger partial charge on any atom is 0.257 e. The van der Waals surface area contributed by atoms with E-state index in [9.17, 15) is 9.59 Å². The van der Waals surface area contributed by atoms with E-state index in [2.05, 4.69) is 10.2 Å². The maximum absolute atomic E-state index is 12.4. The highest BCUT2D eigenvalue weighted by Gasteiger charge is 2.35. The molecule has 2 fully saturated rings. The third-order valence-corrected chi connectivity index (χ3v) is 4.22. The molecule has 0 radical (unpaired) electrons. The summed E-state index contributed by atoms with van der Waals surface area (Å²) in [7, 11) is 0. The highest BCUT2D eigenvalue weighted by molar-refractivity contribution is 6.34. The van der Waals surface area contributed by atoms with E-state index in [1.54, 1.807) is 4.90 Å². The monoisotopic (exact) mass is 328 g/mol. The van der Waals surface area contributed by atoms with Crippen molar-refractivity contribution in [1.29, 1.82) is 0 Å². The van der Waals surface area contributed by atoms with Crippen molar-refractivity contribution < 1.29 is 9.59 Å². The molecule has 2 amide bonds. The van der Waals surface area contributed by atoms with Gasteiger partial charge < -0.3 is 9.80 Å². The van der Waals surface area contributed by atoms with Crippen molar-refractivity contribution in [2.45, 2.75) is 12.8 Å². The number of hydrogen-bond donors (Lipinski definition) is 0. The van der Waals surface area contributed by atoms with Gasteiger partial charge in [-0.25, -0.2) is 0 Å². The number of carbonyl (C=O) groups excluding carboxylic acids is 2. The molecule has 8 heteroatoms. The lowest BCUT2D eigenvalue weighted by atomic mass is 10.2. The molecule has 0 spiro atoms. The first kappa shape index (κ1) is 14.5. The molecule has 0 unspecified atom stereocenters. The first-order valence-electron chi connectivity index (χ1n) is 6.83. The minimum Gasteiger partial charge on any atom is -0.339 e. The van der Waals surface area contributed by atoms with Gasteiger partial charge >= 0.3 is 0 Å². The summed E-state index contributed by atoms with van der Waals surface area (Å²) >= 11 is 11.6. The Hall–Kier alpha value is -1.40. The fourth-order valence-corrected chi connectivity index (χ4v) is 2.71. The fourth-order valence-electron chi connectivity index (χ4n) is 2.39. The average molecular weight is 329 g/mol. The van der Waals surface area contributed by atoms with Gasteiger partial charge in [-0.15, -0.1) is 10.2 Å². The molecule has 1 aromatic rings. The number of nitrogens with zero attached hydrogens (tertiary/aromatic N) is 4. The number of piperazine rings is 1. The molecule has 1 aromatic heterocycles. The average Bonchev–Trinajstić information content (AvgIpc) is 3.33. The zero-order valence-electron chi connectivity index (χ0n) is 11.3. The Labute approximate surface area is 132 Å². The van der Waals surface area contributed by atoms with Crippen molar-refractivity contribution in [3.8, 4) is 0 Å². The molecule has 1 aliphatic heterocycles. The zero-order chi connectivity index (χ0) is 15.0. The van der Waals surface area contributed by atoms with Crippen LogP contribution in [0, 0.1) is 5.92 Å². The number of amides is 2. The summed E-state index contributed by atoms with van der Waals surface area (Å²) in [5.41, 5.74) is 0.249. The van der Waals surface area contributed by atoms with Crippen LogP contribution < -0.4 is 0 Å². The highest BCUT2D eigenvalue weighted by atomic mass is 35.5. The Bertz CT molecular complexity index is 584. The normalized spacial score (nSPS) is 18.8. The van der Waals surface area contributed by atoms with Crippen LogP contribution in [0.3, 0.4) is 0 Å². The van der Waals surface area contributed by atoms with Crippen LogP contribution in [-0.2, 0) is 4.79 Å². The van der Waals surface area contributed by atoms with Crippen LogP contribution in [0.2, 0.25) is 10.3 Å². The van der Waals surface area contributed by atoms with Crippen molar-refractivity contribution in [1.82, 2.24) is 20.0 Å². The summed E-state index contributed by atoms with van der Waals surface area (Å²) in [6.45, 7) is 2.11. The molecular formula is C13H14Cl2N4O2. The standard InChI is InChI=1S/C13H14Cl2N4O2/c14-10-7-9(11(15)17-16-10)13(21)19-5-3-18(4-6-19)12(20)8-1-2-8/h7-8H,1-6H2. The highest BCUT2D eigenvalue weighted by Crippen LogP contribution is 2.31. The molecule has 0 aromatic carbocycles. The van der Waals surface area contributed by atoms with Gasteiger partial charge in [0.15, 0.2) is 10.3 Å². The van der Waals surface area contributed by atoms with Gasteiger partial charge in [0.25, 0.3) is 5.91 Å². The topological polar surface area (TPSA) is 66.4 Å². The van der Waals surface area contributed by atoms with Gasteiger partial charge in [0.2, 0.25) is 5.91 Å². The van der Waals surface area contributed by atoms with E-state index in [4.69, 9.17) is 23.2 Å². The Morgan fingerprint density at radius 1 is 1.05 bits per heavy atom. The van der Waals surface area contributed by atoms with Crippen LogP contribution in [0.4, 0.5) is 0 Å². The molecular weight excluding hydrogens is 315 g/mol. The van der Waals surface area contributed by atoms with E-state index in [0.717, 1.165) is 12.8 Å². The van der Waals surface area contributed by atoms with Gasteiger partial charge in [-0.05, 0) is 18.9 Å². The number of halogens is 2. The van der Waals surface area contributed by atoms with Crippen LogP contribution in [0.15, 0.2) is 6.07 Å². The van der Waals surface area contributed by atoms with Crippen LogP contribution in [0.25, 0.3) is 0 Å². The van der Waals surface area contributed by atoms with Gasteiger partial charge in [-0.2, -0.15) is 0 Å². The minimum absolute atomic E-state index is 0.0425. The molecule has 1 saturated heterocycles. The summed E-state index contributed by atoms with van der Waals surface area (Å²) in [4.78, 5) is 27.9. The van der Waals surface area contributed by atoms with Gasteiger partial charge in [-0.1, -0.05) is 23.2 Å². The summed E-state index contributed by atoms with van der Waals surface area (Å²) in [6.07, 6.45) is 1.99. The molecule has 0 N–H and O–H groups in total. The Morgan fingerprint density at radius 2 is 1.67 bits per heavy atom. The lowest BCUT2D eigenvalue weighted by Crippen LogP contribution is -2.51. The molecule has 0 bridgehead atoms. The molecule has 6 nitrogen and oxygen atoms in total. The first-order chi connectivity index (χ1) is 10.1. The Kier molecular flexibility index (Phi) is 3.99. The second kappa shape index (κ2) is 5.77. The largest absolute Gasteiger partial charge is 0.339 e. The van der Waals surface area contributed by atoms with Gasteiger partial charge in [-0.3, -0.25) is 9.59 Å². The third kappa shape index (κ3) is 3.11. The summed E-state index contributed by atoms with van der Waals surface area (Å²) in [6, 6.07) is 1.42. The van der Waals surface area contributed by atoms with E-state index in [1.165, 1.54) is 6.07 Å². The molecule has 112 valence electrons. The van der Waals surface area contributed by atoms with Crippen molar-refractivity contribution in [3.05, 3.63) is 21.9 Å². The second-order valence-corrected chi connectivity index (χ2v) is 6.01. The SMILES string of the molecule is O=C(c1cc(Cl)nnc1Cl)N1CCN(C(=O)C2CC2)CC1. The maximum atomic E-state index is 12.4. The number of aromatic nitrogens is 2. The number of rotatable bonds is 2. The van der Waals surface area contributed by atoms with Crippen molar-refractivity contribution in [3.63, 3.8) is 0 Å². The second-order valence-electron chi connectivity index (χ2n) is 5.26. The smallest absolute Gasteiger partial charge is 0.257 e. The summed E-state index contributed by atoms with van der Waals surface area (Å²) in [5, 5.41) is 7.40. The predicted octanol–water partition coefficient (Wildman–Crippen LogP) is 1.48. The van der Waals surface area contributed by atoms with Crippen LogP contribution in [0.1, 0.15) is 23.2 Å². The van der Waals surface area contributed by atoms with E-state index < -0.39 is 0 Å².